The predicted octanol–water partition coefficient (Wildman–Crippen LogP) is 2.98. The second-order valence-electron chi connectivity index (χ2n) is 7.45. The highest BCUT2D eigenvalue weighted by Crippen LogP contribution is 2.20. The minimum atomic E-state index is -0.312. The number of fused-ring (bicyclic) bond motifs is 1. The number of rotatable bonds is 7. The summed E-state index contributed by atoms with van der Waals surface area (Å²) < 4.78 is 16.7. The van der Waals surface area contributed by atoms with Gasteiger partial charge >= 0.3 is 0 Å². The van der Waals surface area contributed by atoms with Crippen molar-refractivity contribution in [3.63, 3.8) is 0 Å². The maximum atomic E-state index is 13.1. The van der Waals surface area contributed by atoms with Crippen molar-refractivity contribution >= 4 is 11.0 Å². The molecule has 0 atom stereocenters. The van der Waals surface area contributed by atoms with Gasteiger partial charge < -0.3 is 9.47 Å². The van der Waals surface area contributed by atoms with Crippen LogP contribution in [0.5, 0.6) is 11.8 Å². The molecule has 5 rings (SSSR count). The summed E-state index contributed by atoms with van der Waals surface area (Å²) in [4.78, 5) is 17.6. The van der Waals surface area contributed by atoms with Gasteiger partial charge in [0.25, 0.3) is 11.4 Å². The Morgan fingerprint density at radius 3 is 2.48 bits per heavy atom. The van der Waals surface area contributed by atoms with Gasteiger partial charge in [0.1, 0.15) is 13.2 Å². The molecule has 0 saturated carbocycles. The summed E-state index contributed by atoms with van der Waals surface area (Å²) >= 11 is 0. The number of ether oxygens (including phenoxy) is 2. The maximum Gasteiger partial charge on any atom is 0.297 e. The van der Waals surface area contributed by atoms with E-state index in [-0.39, 0.29) is 30.1 Å². The quantitative estimate of drug-likeness (QED) is 0.360. The third-order valence-electron chi connectivity index (χ3n) is 5.20. The Morgan fingerprint density at radius 2 is 1.67 bits per heavy atom. The molecule has 0 aliphatic rings. The molecule has 33 heavy (non-hydrogen) atoms. The predicted molar refractivity (Wildman–Crippen MR) is 124 cm³/mol. The van der Waals surface area contributed by atoms with Crippen LogP contribution in [-0.4, -0.2) is 42.3 Å². The molecule has 0 N–H and O–H groups in total. The third kappa shape index (κ3) is 3.96. The van der Waals surface area contributed by atoms with E-state index >= 15 is 0 Å². The van der Waals surface area contributed by atoms with Crippen LogP contribution in [0.4, 0.5) is 0 Å². The monoisotopic (exact) mass is 442 g/mol. The Hall–Kier alpha value is -4.40. The van der Waals surface area contributed by atoms with Crippen LogP contribution in [0.1, 0.15) is 0 Å². The van der Waals surface area contributed by atoms with Crippen LogP contribution in [0.25, 0.3) is 28.1 Å². The van der Waals surface area contributed by atoms with Crippen molar-refractivity contribution in [3.05, 3.63) is 83.3 Å². The zero-order chi connectivity index (χ0) is 22.8. The van der Waals surface area contributed by atoms with Crippen molar-refractivity contribution in [2.45, 2.75) is 0 Å². The first-order valence-corrected chi connectivity index (χ1v) is 10.5. The molecule has 0 saturated heterocycles. The summed E-state index contributed by atoms with van der Waals surface area (Å²) in [6.45, 7) is 0.416. The molecule has 9 nitrogen and oxygen atoms in total. The highest BCUT2D eigenvalue weighted by molar-refractivity contribution is 5.76. The second-order valence-corrected chi connectivity index (χ2v) is 7.45. The van der Waals surface area contributed by atoms with Crippen LogP contribution in [-0.2, 0) is 14.1 Å². The van der Waals surface area contributed by atoms with E-state index in [9.17, 15) is 4.79 Å². The molecule has 0 radical (unpaired) electrons. The first-order chi connectivity index (χ1) is 16.1. The summed E-state index contributed by atoms with van der Waals surface area (Å²) in [5.41, 5.74) is 3.21. The summed E-state index contributed by atoms with van der Waals surface area (Å²) in [6, 6.07) is 19.6. The van der Waals surface area contributed by atoms with E-state index < -0.39 is 0 Å². The highest BCUT2D eigenvalue weighted by atomic mass is 16.5. The number of aryl methyl sites for hydroxylation is 2. The fourth-order valence-corrected chi connectivity index (χ4v) is 3.64. The molecule has 5 aromatic rings. The number of imidazole rings is 1. The third-order valence-corrected chi connectivity index (χ3v) is 5.20. The number of para-hydroxylation sites is 3. The average Bonchev–Trinajstić information content (AvgIpc) is 3.44. The molecule has 0 fully saturated rings. The molecular weight excluding hydrogens is 420 g/mol. The minimum absolute atomic E-state index is 0.180. The second kappa shape index (κ2) is 8.62. The molecule has 3 aromatic heterocycles. The molecule has 9 heteroatoms. The number of benzene rings is 2. The smallest absolute Gasteiger partial charge is 0.297 e. The molecule has 0 aliphatic heterocycles. The van der Waals surface area contributed by atoms with E-state index in [0.29, 0.717) is 11.7 Å². The van der Waals surface area contributed by atoms with E-state index in [4.69, 9.17) is 9.47 Å². The van der Waals surface area contributed by atoms with Crippen LogP contribution in [0, 0.1) is 0 Å². The number of hydrogen-bond acceptors (Lipinski definition) is 6. The number of aromatic nitrogens is 6. The standard InChI is InChI=1S/C24H22N6O3/c1-28-16-21(32-14-15-33-24-26-18-10-6-7-11-19(18)29(24)2)23(31)22(27-28)20-12-13-25-30(20)17-8-4-3-5-9-17/h3-13,16H,14-15H2,1-2H3. The van der Waals surface area contributed by atoms with Crippen molar-refractivity contribution in [1.82, 2.24) is 29.1 Å². The van der Waals surface area contributed by atoms with Gasteiger partial charge in [0.05, 0.1) is 34.8 Å². The number of hydrogen-bond donors (Lipinski definition) is 0. The molecular formula is C24H22N6O3. The van der Waals surface area contributed by atoms with E-state index in [0.717, 1.165) is 16.7 Å². The van der Waals surface area contributed by atoms with Crippen LogP contribution < -0.4 is 14.9 Å². The Bertz CT molecular complexity index is 1470. The Labute approximate surface area is 189 Å². The molecule has 0 bridgehead atoms. The van der Waals surface area contributed by atoms with Gasteiger partial charge in [0.15, 0.2) is 11.4 Å². The summed E-state index contributed by atoms with van der Waals surface area (Å²) in [7, 11) is 3.64. The molecule has 0 amide bonds. The Balaban J connectivity index is 1.34. The zero-order valence-corrected chi connectivity index (χ0v) is 18.3. The minimum Gasteiger partial charge on any atom is -0.484 e. The zero-order valence-electron chi connectivity index (χ0n) is 18.3. The van der Waals surface area contributed by atoms with E-state index in [1.54, 1.807) is 34.9 Å². The van der Waals surface area contributed by atoms with Crippen molar-refractivity contribution in [2.24, 2.45) is 14.1 Å². The fraction of sp³-hybridized carbons (Fsp3) is 0.167. The molecule has 0 spiro atoms. The maximum absolute atomic E-state index is 13.1. The lowest BCUT2D eigenvalue weighted by atomic mass is 10.2. The molecule has 166 valence electrons. The van der Waals surface area contributed by atoms with Crippen LogP contribution in [0.15, 0.2) is 77.9 Å². The Kier molecular flexibility index (Phi) is 5.35. The van der Waals surface area contributed by atoms with Crippen molar-refractivity contribution < 1.29 is 9.47 Å². The average molecular weight is 442 g/mol. The number of nitrogens with zero attached hydrogens (tertiary/aromatic N) is 6. The van der Waals surface area contributed by atoms with Crippen molar-refractivity contribution in [2.75, 3.05) is 13.2 Å². The van der Waals surface area contributed by atoms with E-state index in [1.165, 1.54) is 0 Å². The van der Waals surface area contributed by atoms with Gasteiger partial charge in [0, 0.05) is 14.1 Å². The topological polar surface area (TPSA) is 89.0 Å². The summed E-state index contributed by atoms with van der Waals surface area (Å²) in [5, 5.41) is 8.75. The lowest BCUT2D eigenvalue weighted by Gasteiger charge is -2.11. The normalized spacial score (nSPS) is 11.1. The largest absolute Gasteiger partial charge is 0.484 e. The van der Waals surface area contributed by atoms with Gasteiger partial charge in [-0.25, -0.2) is 4.68 Å². The van der Waals surface area contributed by atoms with Crippen molar-refractivity contribution in [1.29, 1.82) is 0 Å². The molecule has 3 heterocycles. The Morgan fingerprint density at radius 1 is 0.909 bits per heavy atom. The van der Waals surface area contributed by atoms with Gasteiger partial charge in [-0.2, -0.15) is 15.2 Å². The lowest BCUT2D eigenvalue weighted by molar-refractivity contribution is 0.201. The first-order valence-electron chi connectivity index (χ1n) is 10.5. The highest BCUT2D eigenvalue weighted by Gasteiger charge is 2.17. The summed E-state index contributed by atoms with van der Waals surface area (Å²) in [6.07, 6.45) is 3.20. The van der Waals surface area contributed by atoms with E-state index in [1.807, 2.05) is 66.2 Å². The van der Waals surface area contributed by atoms with E-state index in [2.05, 4.69) is 15.2 Å². The van der Waals surface area contributed by atoms with Crippen molar-refractivity contribution in [3.8, 4) is 28.8 Å². The van der Waals surface area contributed by atoms with Gasteiger partial charge in [0.2, 0.25) is 0 Å². The van der Waals surface area contributed by atoms with Crippen LogP contribution in [0.3, 0.4) is 0 Å². The fourth-order valence-electron chi connectivity index (χ4n) is 3.64. The van der Waals surface area contributed by atoms with Crippen LogP contribution >= 0.6 is 0 Å². The first kappa shape index (κ1) is 20.5. The van der Waals surface area contributed by atoms with Crippen LogP contribution in [0.2, 0.25) is 0 Å². The lowest BCUT2D eigenvalue weighted by Crippen LogP contribution is -2.20. The SMILES string of the molecule is Cn1cc(OCCOc2nc3ccccc3n2C)c(=O)c(-c2ccnn2-c2ccccc2)n1. The molecule has 0 aliphatic carbocycles. The van der Waals surface area contributed by atoms with Gasteiger partial charge in [-0.05, 0) is 30.3 Å². The summed E-state index contributed by atoms with van der Waals surface area (Å²) in [5.74, 6) is 0.192. The van der Waals surface area contributed by atoms with Gasteiger partial charge in [-0.1, -0.05) is 30.3 Å². The molecule has 0 unspecified atom stereocenters. The van der Waals surface area contributed by atoms with Gasteiger partial charge in [-0.15, -0.1) is 0 Å². The molecule has 2 aromatic carbocycles. The van der Waals surface area contributed by atoms with Gasteiger partial charge in [-0.3, -0.25) is 14.0 Å².